The molecule has 0 aliphatic heterocycles. The van der Waals surface area contributed by atoms with Crippen molar-refractivity contribution in [2.45, 2.75) is 26.3 Å². The van der Waals surface area contributed by atoms with Gasteiger partial charge in [-0.25, -0.2) is 4.68 Å². The average molecular weight is 361 g/mol. The van der Waals surface area contributed by atoms with Crippen LogP contribution in [0.5, 0.6) is 0 Å². The zero-order valence-corrected chi connectivity index (χ0v) is 14.6. The number of rotatable bonds is 10. The van der Waals surface area contributed by atoms with Gasteiger partial charge in [0, 0.05) is 33.3 Å². The van der Waals surface area contributed by atoms with Crippen LogP contribution in [0.25, 0.3) is 0 Å². The molecule has 0 saturated carbocycles. The molecule has 0 unspecified atom stereocenters. The lowest BCUT2D eigenvalue weighted by Gasteiger charge is -2.17. The summed E-state index contributed by atoms with van der Waals surface area (Å²) in [6.45, 7) is 5.98. The molecule has 0 aliphatic rings. The van der Waals surface area contributed by atoms with E-state index in [1.165, 1.54) is 4.68 Å². The van der Waals surface area contributed by atoms with Gasteiger partial charge >= 0.3 is 0 Å². The van der Waals surface area contributed by atoms with Crippen molar-refractivity contribution in [2.75, 3.05) is 45.7 Å². The number of hydrogen-bond acceptors (Lipinski definition) is 5. The zero-order valence-electron chi connectivity index (χ0n) is 13.1. The summed E-state index contributed by atoms with van der Waals surface area (Å²) in [7, 11) is 3.74. The van der Waals surface area contributed by atoms with Crippen LogP contribution in [0.2, 0.25) is 0 Å². The average Bonchev–Trinajstić information content (AvgIpc) is 2.48. The number of halogens is 1. The molecule has 1 aromatic heterocycles. The lowest BCUT2D eigenvalue weighted by atomic mass is 10.3. The molecule has 0 radical (unpaired) electrons. The van der Waals surface area contributed by atoms with E-state index in [9.17, 15) is 4.79 Å². The van der Waals surface area contributed by atoms with Gasteiger partial charge in [0.15, 0.2) is 0 Å². The number of nitrogens with one attached hydrogen (secondary N) is 1. The predicted molar refractivity (Wildman–Crippen MR) is 89.0 cm³/mol. The molecule has 0 aromatic carbocycles. The molecule has 1 rings (SSSR count). The third-order valence-corrected chi connectivity index (χ3v) is 3.96. The van der Waals surface area contributed by atoms with Crippen molar-refractivity contribution in [3.05, 3.63) is 21.0 Å². The highest BCUT2D eigenvalue weighted by Gasteiger charge is 2.08. The van der Waals surface area contributed by atoms with E-state index in [-0.39, 0.29) is 5.56 Å². The van der Waals surface area contributed by atoms with E-state index in [2.05, 4.69) is 38.2 Å². The number of aromatic nitrogens is 2. The summed E-state index contributed by atoms with van der Waals surface area (Å²) in [6.07, 6.45) is 3.70. The Kier molecular flexibility index (Phi) is 8.56. The van der Waals surface area contributed by atoms with Gasteiger partial charge in [-0.2, -0.15) is 5.10 Å². The van der Waals surface area contributed by atoms with Crippen LogP contribution in [0.3, 0.4) is 0 Å². The molecule has 7 heteroatoms. The molecule has 1 heterocycles. The van der Waals surface area contributed by atoms with Crippen molar-refractivity contribution >= 4 is 21.6 Å². The highest BCUT2D eigenvalue weighted by atomic mass is 79.9. The van der Waals surface area contributed by atoms with Crippen LogP contribution >= 0.6 is 15.9 Å². The molecule has 6 nitrogen and oxygen atoms in total. The van der Waals surface area contributed by atoms with Crippen molar-refractivity contribution in [3.63, 3.8) is 0 Å². The van der Waals surface area contributed by atoms with Crippen molar-refractivity contribution in [2.24, 2.45) is 0 Å². The van der Waals surface area contributed by atoms with Crippen LogP contribution < -0.4 is 10.9 Å². The van der Waals surface area contributed by atoms with Gasteiger partial charge < -0.3 is 15.0 Å². The second-order valence-electron chi connectivity index (χ2n) is 4.98. The number of anilines is 1. The molecule has 1 N–H and O–H groups in total. The highest BCUT2D eigenvalue weighted by Crippen LogP contribution is 2.15. The standard InChI is InChI=1S/C14H25BrN4O2/c1-4-5-7-19-14(20)13(15)12(11-17-19)16-6-8-18(2)9-10-21-3/h11,16H,4-10H2,1-3H3. The summed E-state index contributed by atoms with van der Waals surface area (Å²) < 4.78 is 7.09. The Hall–Kier alpha value is -0.920. The highest BCUT2D eigenvalue weighted by molar-refractivity contribution is 9.10. The number of methoxy groups -OCH3 is 1. The Balaban J connectivity index is 2.52. The number of aryl methyl sites for hydroxylation is 1. The minimum atomic E-state index is -0.0822. The second kappa shape index (κ2) is 9.92. The van der Waals surface area contributed by atoms with Crippen LogP contribution in [0, 0.1) is 0 Å². The molecular weight excluding hydrogens is 336 g/mol. The Bertz CT molecular complexity index is 479. The summed E-state index contributed by atoms with van der Waals surface area (Å²) in [5.74, 6) is 0. The van der Waals surface area contributed by atoms with Crippen molar-refractivity contribution in [3.8, 4) is 0 Å². The molecule has 1 aromatic rings. The maximum atomic E-state index is 12.1. The lowest BCUT2D eigenvalue weighted by molar-refractivity contribution is 0.163. The lowest BCUT2D eigenvalue weighted by Crippen LogP contribution is -2.29. The molecule has 0 spiro atoms. The molecule has 0 saturated heterocycles. The van der Waals surface area contributed by atoms with E-state index in [1.807, 2.05) is 7.05 Å². The molecule has 0 aliphatic carbocycles. The van der Waals surface area contributed by atoms with Gasteiger partial charge in [0.1, 0.15) is 4.47 Å². The number of unbranched alkanes of at least 4 members (excludes halogenated alkanes) is 1. The smallest absolute Gasteiger partial charge is 0.283 e. The maximum Gasteiger partial charge on any atom is 0.283 e. The number of nitrogens with zero attached hydrogens (tertiary/aromatic N) is 3. The van der Waals surface area contributed by atoms with E-state index in [4.69, 9.17) is 4.74 Å². The van der Waals surface area contributed by atoms with E-state index in [0.717, 1.165) is 44.8 Å². The molecule has 0 amide bonds. The quantitative estimate of drug-likeness (QED) is 0.689. The predicted octanol–water partition coefficient (Wildman–Crippen LogP) is 1.80. The molecular formula is C14H25BrN4O2. The van der Waals surface area contributed by atoms with Crippen molar-refractivity contribution in [1.29, 1.82) is 0 Å². The van der Waals surface area contributed by atoms with Crippen molar-refractivity contribution < 1.29 is 4.74 Å². The number of likely N-dealkylation sites (N-methyl/N-ethyl adjacent to an activating group) is 1. The van der Waals surface area contributed by atoms with Crippen LogP contribution in [0.15, 0.2) is 15.5 Å². The Morgan fingerprint density at radius 2 is 2.24 bits per heavy atom. The van der Waals surface area contributed by atoms with Gasteiger partial charge in [0.2, 0.25) is 0 Å². The number of hydrogen-bond donors (Lipinski definition) is 1. The van der Waals surface area contributed by atoms with E-state index >= 15 is 0 Å². The minimum Gasteiger partial charge on any atom is -0.383 e. The molecule has 0 atom stereocenters. The van der Waals surface area contributed by atoms with Gasteiger partial charge in [0.05, 0.1) is 18.5 Å². The minimum absolute atomic E-state index is 0.0822. The molecule has 0 fully saturated rings. The first kappa shape index (κ1) is 18.1. The molecule has 120 valence electrons. The van der Waals surface area contributed by atoms with Gasteiger partial charge in [-0.3, -0.25) is 4.79 Å². The fraction of sp³-hybridized carbons (Fsp3) is 0.714. The Labute approximate surface area is 134 Å². The van der Waals surface area contributed by atoms with Crippen LogP contribution in [0.4, 0.5) is 5.69 Å². The monoisotopic (exact) mass is 360 g/mol. The topological polar surface area (TPSA) is 59.4 Å². The first-order chi connectivity index (χ1) is 10.1. The van der Waals surface area contributed by atoms with Gasteiger partial charge in [0.25, 0.3) is 5.56 Å². The summed E-state index contributed by atoms with van der Waals surface area (Å²) in [5, 5.41) is 7.44. The van der Waals surface area contributed by atoms with Crippen molar-refractivity contribution in [1.82, 2.24) is 14.7 Å². The SMILES string of the molecule is CCCCn1ncc(NCCN(C)CCOC)c(Br)c1=O. The van der Waals surface area contributed by atoms with Crippen LogP contribution in [-0.4, -0.2) is 55.1 Å². The summed E-state index contributed by atoms with van der Waals surface area (Å²) in [5.41, 5.74) is 0.661. The third-order valence-electron chi connectivity index (χ3n) is 3.19. The second-order valence-corrected chi connectivity index (χ2v) is 5.77. The van der Waals surface area contributed by atoms with Gasteiger partial charge in [-0.05, 0) is 29.4 Å². The Morgan fingerprint density at radius 1 is 1.48 bits per heavy atom. The zero-order chi connectivity index (χ0) is 15.7. The van der Waals surface area contributed by atoms with E-state index in [1.54, 1.807) is 13.3 Å². The Morgan fingerprint density at radius 3 is 2.90 bits per heavy atom. The molecule has 0 bridgehead atoms. The molecule has 21 heavy (non-hydrogen) atoms. The maximum absolute atomic E-state index is 12.1. The summed E-state index contributed by atoms with van der Waals surface area (Å²) in [4.78, 5) is 14.3. The summed E-state index contributed by atoms with van der Waals surface area (Å²) >= 11 is 3.36. The normalized spacial score (nSPS) is 11.1. The van der Waals surface area contributed by atoms with Crippen LogP contribution in [0.1, 0.15) is 19.8 Å². The fourth-order valence-corrected chi connectivity index (χ4v) is 2.24. The third kappa shape index (κ3) is 6.15. The van der Waals surface area contributed by atoms with Crippen LogP contribution in [-0.2, 0) is 11.3 Å². The summed E-state index contributed by atoms with van der Waals surface area (Å²) in [6, 6.07) is 0. The fourth-order valence-electron chi connectivity index (χ4n) is 1.80. The first-order valence-electron chi connectivity index (χ1n) is 7.27. The van der Waals surface area contributed by atoms with E-state index in [0.29, 0.717) is 11.0 Å². The van der Waals surface area contributed by atoms with E-state index < -0.39 is 0 Å². The first-order valence-corrected chi connectivity index (χ1v) is 8.06. The van der Waals surface area contributed by atoms with Gasteiger partial charge in [-0.1, -0.05) is 13.3 Å². The largest absolute Gasteiger partial charge is 0.383 e. The number of ether oxygens (including phenoxy) is 1. The van der Waals surface area contributed by atoms with Gasteiger partial charge in [-0.15, -0.1) is 0 Å².